The molecule has 3 rings (SSSR count). The predicted molar refractivity (Wildman–Crippen MR) is 127 cm³/mol. The van der Waals surface area contributed by atoms with Gasteiger partial charge in [-0.15, -0.1) is 11.8 Å². The number of carbonyl (C=O) groups excluding carboxylic acids is 3. The number of Topliss-reactive ketones (excluding diaryl/α,β-unsaturated/α-hetero) is 1. The lowest BCUT2D eigenvalue weighted by atomic mass is 10.1. The van der Waals surface area contributed by atoms with Gasteiger partial charge in [0.25, 0.3) is 0 Å². The van der Waals surface area contributed by atoms with E-state index in [1.54, 1.807) is 43.3 Å². The number of benzene rings is 3. The lowest BCUT2D eigenvalue weighted by Gasteiger charge is -2.14. The molecule has 0 unspecified atom stereocenters. The van der Waals surface area contributed by atoms with Crippen molar-refractivity contribution in [1.29, 1.82) is 0 Å². The molecule has 164 valence electrons. The summed E-state index contributed by atoms with van der Waals surface area (Å²) in [4.78, 5) is 38.3. The standard InChI is InChI=1S/C26H25NO4S/c1-17-8-12-20(13-9-17)25(29)19(3)31-26(30)22-6-4-5-7-23(22)32-16-24(28)27-21-14-10-18(2)11-15-21/h4-15,19H,16H2,1-3H3,(H,27,28)/t19-/m0/s1. The van der Waals surface area contributed by atoms with Crippen molar-refractivity contribution in [2.24, 2.45) is 0 Å². The number of carbonyl (C=O) groups is 3. The van der Waals surface area contributed by atoms with Crippen LogP contribution in [0.4, 0.5) is 5.69 Å². The second kappa shape index (κ2) is 10.8. The maximum Gasteiger partial charge on any atom is 0.339 e. The molecule has 0 spiro atoms. The Bertz CT molecular complexity index is 1110. The molecule has 6 heteroatoms. The molecule has 0 saturated carbocycles. The summed E-state index contributed by atoms with van der Waals surface area (Å²) >= 11 is 1.24. The average molecular weight is 448 g/mol. The minimum Gasteiger partial charge on any atom is -0.451 e. The number of ketones is 1. The Balaban J connectivity index is 1.61. The fourth-order valence-electron chi connectivity index (χ4n) is 2.97. The van der Waals surface area contributed by atoms with Gasteiger partial charge in [0.15, 0.2) is 6.10 Å². The van der Waals surface area contributed by atoms with Gasteiger partial charge in [0.05, 0.1) is 11.3 Å². The third-order valence-corrected chi connectivity index (χ3v) is 5.86. The van der Waals surface area contributed by atoms with Crippen molar-refractivity contribution in [3.8, 4) is 0 Å². The summed E-state index contributed by atoms with van der Waals surface area (Å²) in [7, 11) is 0. The van der Waals surface area contributed by atoms with Crippen LogP contribution in [0.15, 0.2) is 77.7 Å². The van der Waals surface area contributed by atoms with Crippen LogP contribution in [0.25, 0.3) is 0 Å². The van der Waals surface area contributed by atoms with Gasteiger partial charge < -0.3 is 10.1 Å². The van der Waals surface area contributed by atoms with Gasteiger partial charge in [0.2, 0.25) is 11.7 Å². The van der Waals surface area contributed by atoms with Crippen LogP contribution in [0.1, 0.15) is 38.8 Å². The van der Waals surface area contributed by atoms with Crippen molar-refractivity contribution in [3.63, 3.8) is 0 Å². The number of esters is 1. The van der Waals surface area contributed by atoms with E-state index in [9.17, 15) is 14.4 Å². The molecule has 0 aliphatic heterocycles. The van der Waals surface area contributed by atoms with Crippen molar-refractivity contribution < 1.29 is 19.1 Å². The van der Waals surface area contributed by atoms with E-state index >= 15 is 0 Å². The van der Waals surface area contributed by atoms with Crippen LogP contribution in [-0.4, -0.2) is 29.5 Å². The van der Waals surface area contributed by atoms with Gasteiger partial charge in [0, 0.05) is 16.1 Å². The Morgan fingerprint density at radius 2 is 1.47 bits per heavy atom. The zero-order valence-corrected chi connectivity index (χ0v) is 19.1. The van der Waals surface area contributed by atoms with E-state index in [0.29, 0.717) is 16.0 Å². The van der Waals surface area contributed by atoms with Gasteiger partial charge >= 0.3 is 5.97 Å². The van der Waals surface area contributed by atoms with Crippen LogP contribution in [0, 0.1) is 13.8 Å². The lowest BCUT2D eigenvalue weighted by Crippen LogP contribution is -2.24. The first-order valence-electron chi connectivity index (χ1n) is 10.2. The van der Waals surface area contributed by atoms with E-state index < -0.39 is 12.1 Å². The minimum atomic E-state index is -0.923. The summed E-state index contributed by atoms with van der Waals surface area (Å²) in [6.07, 6.45) is -0.923. The van der Waals surface area contributed by atoms with Gasteiger partial charge in [-0.05, 0) is 45.0 Å². The molecule has 32 heavy (non-hydrogen) atoms. The summed E-state index contributed by atoms with van der Waals surface area (Å²) in [6.45, 7) is 5.48. The molecule has 0 radical (unpaired) electrons. The molecular weight excluding hydrogens is 422 g/mol. The Morgan fingerprint density at radius 3 is 2.12 bits per heavy atom. The maximum atomic E-state index is 12.7. The number of hydrogen-bond donors (Lipinski definition) is 1. The molecule has 0 aromatic heterocycles. The molecule has 0 saturated heterocycles. The summed E-state index contributed by atoms with van der Waals surface area (Å²) in [5, 5.41) is 2.84. The molecule has 3 aromatic carbocycles. The largest absolute Gasteiger partial charge is 0.451 e. The third kappa shape index (κ3) is 6.31. The van der Waals surface area contributed by atoms with Gasteiger partial charge in [-0.1, -0.05) is 59.7 Å². The van der Waals surface area contributed by atoms with Crippen LogP contribution < -0.4 is 5.32 Å². The van der Waals surface area contributed by atoms with Crippen LogP contribution in [0.3, 0.4) is 0 Å². The molecule has 1 amide bonds. The van der Waals surface area contributed by atoms with E-state index in [4.69, 9.17) is 4.74 Å². The van der Waals surface area contributed by atoms with Gasteiger partial charge in [-0.25, -0.2) is 4.79 Å². The van der Waals surface area contributed by atoms with Crippen LogP contribution in [-0.2, 0) is 9.53 Å². The second-order valence-electron chi connectivity index (χ2n) is 7.48. The molecule has 0 bridgehead atoms. The Morgan fingerprint density at radius 1 is 0.875 bits per heavy atom. The number of aryl methyl sites for hydroxylation is 2. The molecule has 1 N–H and O–H groups in total. The fourth-order valence-corrected chi connectivity index (χ4v) is 3.81. The number of nitrogens with one attached hydrogen (secondary N) is 1. The molecule has 3 aromatic rings. The van der Waals surface area contributed by atoms with Crippen LogP contribution >= 0.6 is 11.8 Å². The number of thioether (sulfide) groups is 1. The van der Waals surface area contributed by atoms with Crippen LogP contribution in [0.2, 0.25) is 0 Å². The fraction of sp³-hybridized carbons (Fsp3) is 0.192. The SMILES string of the molecule is Cc1ccc(NC(=O)CSc2ccccc2C(=O)O[C@@H](C)C(=O)c2ccc(C)cc2)cc1. The molecule has 0 aliphatic carbocycles. The number of amides is 1. The first-order valence-corrected chi connectivity index (χ1v) is 11.2. The number of ether oxygens (including phenoxy) is 1. The first kappa shape index (κ1) is 23.3. The topological polar surface area (TPSA) is 72.5 Å². The van der Waals surface area contributed by atoms with Gasteiger partial charge in [-0.2, -0.15) is 0 Å². The van der Waals surface area contributed by atoms with Crippen molar-refractivity contribution in [1.82, 2.24) is 0 Å². The van der Waals surface area contributed by atoms with E-state index in [-0.39, 0.29) is 17.4 Å². The zero-order chi connectivity index (χ0) is 23.1. The number of anilines is 1. The van der Waals surface area contributed by atoms with Crippen LogP contribution in [0.5, 0.6) is 0 Å². The quantitative estimate of drug-likeness (QED) is 0.282. The minimum absolute atomic E-state index is 0.135. The molecule has 0 heterocycles. The maximum absolute atomic E-state index is 12.7. The average Bonchev–Trinajstić information content (AvgIpc) is 2.79. The summed E-state index contributed by atoms with van der Waals surface area (Å²) in [6, 6.07) is 21.6. The highest BCUT2D eigenvalue weighted by Crippen LogP contribution is 2.24. The zero-order valence-electron chi connectivity index (χ0n) is 18.3. The molecular formula is C26H25NO4S. The second-order valence-corrected chi connectivity index (χ2v) is 8.49. The monoisotopic (exact) mass is 447 g/mol. The highest BCUT2D eigenvalue weighted by molar-refractivity contribution is 8.00. The highest BCUT2D eigenvalue weighted by atomic mass is 32.2. The smallest absolute Gasteiger partial charge is 0.339 e. The Hall–Kier alpha value is -3.38. The van der Waals surface area contributed by atoms with E-state index in [1.807, 2.05) is 50.2 Å². The van der Waals surface area contributed by atoms with Crippen molar-refractivity contribution in [3.05, 3.63) is 95.1 Å². The lowest BCUT2D eigenvalue weighted by molar-refractivity contribution is -0.113. The first-order chi connectivity index (χ1) is 15.3. The molecule has 0 fully saturated rings. The molecule has 1 atom stereocenters. The van der Waals surface area contributed by atoms with E-state index in [1.165, 1.54) is 11.8 Å². The summed E-state index contributed by atoms with van der Waals surface area (Å²) in [5.74, 6) is -0.901. The number of rotatable bonds is 8. The van der Waals surface area contributed by atoms with Gasteiger partial charge in [0.1, 0.15) is 0 Å². The summed E-state index contributed by atoms with van der Waals surface area (Å²) in [5.41, 5.74) is 3.69. The van der Waals surface area contributed by atoms with Gasteiger partial charge in [-0.3, -0.25) is 9.59 Å². The highest BCUT2D eigenvalue weighted by Gasteiger charge is 2.22. The third-order valence-electron chi connectivity index (χ3n) is 4.79. The Labute approximate surface area is 192 Å². The van der Waals surface area contributed by atoms with Crippen molar-refractivity contribution >= 4 is 35.1 Å². The molecule has 5 nitrogen and oxygen atoms in total. The molecule has 0 aliphatic rings. The van der Waals surface area contributed by atoms with Crippen molar-refractivity contribution in [2.75, 3.05) is 11.1 Å². The van der Waals surface area contributed by atoms with E-state index in [2.05, 4.69) is 5.32 Å². The van der Waals surface area contributed by atoms with E-state index in [0.717, 1.165) is 16.8 Å². The number of hydrogen-bond acceptors (Lipinski definition) is 5. The predicted octanol–water partition coefficient (Wildman–Crippen LogP) is 5.46. The summed E-state index contributed by atoms with van der Waals surface area (Å²) < 4.78 is 5.43. The van der Waals surface area contributed by atoms with Crippen molar-refractivity contribution in [2.45, 2.75) is 31.8 Å². The Kier molecular flexibility index (Phi) is 7.84. The normalized spacial score (nSPS) is 11.5.